The van der Waals surface area contributed by atoms with E-state index < -0.39 is 28.2 Å². The summed E-state index contributed by atoms with van der Waals surface area (Å²) in [4.78, 5) is 22.3. The van der Waals surface area contributed by atoms with E-state index in [1.165, 1.54) is 0 Å². The third-order valence-electron chi connectivity index (χ3n) is 1.45. The van der Waals surface area contributed by atoms with Gasteiger partial charge in [-0.1, -0.05) is 0 Å². The highest BCUT2D eigenvalue weighted by molar-refractivity contribution is 9.10. The zero-order valence-electron chi connectivity index (χ0n) is 6.46. The average Bonchev–Trinajstić information content (AvgIpc) is 2.08. The molecule has 14 heavy (non-hydrogen) atoms. The zero-order chi connectivity index (χ0) is 10.9. The number of pyridine rings is 1. The molecule has 1 rings (SSSR count). The first kappa shape index (κ1) is 10.8. The molecule has 1 heterocycles. The fraction of sp³-hybridized carbons (Fsp3) is 0.167. The van der Waals surface area contributed by atoms with Gasteiger partial charge in [0.2, 0.25) is 5.43 Å². The Hall–Kier alpha value is -1.31. The Balaban J connectivity index is 3.54. The van der Waals surface area contributed by atoms with Crippen LogP contribution >= 0.6 is 15.9 Å². The number of halogens is 3. The fourth-order valence-corrected chi connectivity index (χ4v) is 1.19. The molecule has 0 radical (unpaired) electrons. The van der Waals surface area contributed by atoms with Crippen molar-refractivity contribution in [2.24, 2.45) is 0 Å². The summed E-state index contributed by atoms with van der Waals surface area (Å²) < 4.78 is 24.4. The summed E-state index contributed by atoms with van der Waals surface area (Å²) >= 11 is 2.70. The van der Waals surface area contributed by atoms with Crippen LogP contribution in [0.5, 0.6) is 0 Å². The monoisotopic (exact) mass is 268 g/mol. The van der Waals surface area contributed by atoms with Crippen molar-refractivity contribution in [1.29, 1.82) is 0 Å². The van der Waals surface area contributed by atoms with E-state index in [1.54, 1.807) is 0 Å². The van der Waals surface area contributed by atoms with Gasteiger partial charge < -0.3 is 10.1 Å². The lowest BCUT2D eigenvalue weighted by Crippen LogP contribution is -2.14. The van der Waals surface area contributed by atoms with Gasteiger partial charge in [0.1, 0.15) is 10.7 Å². The molecule has 0 saturated heterocycles. The van der Waals surface area contributed by atoms with E-state index >= 15 is 0 Å². The molecule has 1 aromatic rings. The lowest BCUT2D eigenvalue weighted by Gasteiger charge is -2.01. The molecule has 0 fully saturated rings. The fourth-order valence-electron chi connectivity index (χ4n) is 0.865. The Bertz CT molecular complexity index is 432. The Morgan fingerprint density at radius 1 is 1.57 bits per heavy atom. The van der Waals surface area contributed by atoms with Crippen LogP contribution in [0.1, 0.15) is 12.0 Å². The first-order valence-electron chi connectivity index (χ1n) is 3.28. The van der Waals surface area contributed by atoms with Gasteiger partial charge in [0.25, 0.3) is 6.43 Å². The number of aromatic nitrogens is 1. The van der Waals surface area contributed by atoms with Crippen molar-refractivity contribution in [3.8, 4) is 0 Å². The largest absolute Gasteiger partial charge is 0.358 e. The van der Waals surface area contributed by atoms with E-state index in [-0.39, 0.29) is 4.47 Å². The van der Waals surface area contributed by atoms with E-state index in [2.05, 4.69) is 15.9 Å². The molecular weight excluding hydrogens is 266 g/mol. The molecule has 0 aliphatic carbocycles. The second kappa shape index (κ2) is 3.82. The quantitative estimate of drug-likeness (QED) is 0.658. The summed E-state index contributed by atoms with van der Waals surface area (Å²) in [6.07, 6.45) is -2.23. The summed E-state index contributed by atoms with van der Waals surface area (Å²) in [6, 6.07) is 0. The van der Waals surface area contributed by atoms with E-state index in [0.29, 0.717) is 0 Å². The van der Waals surface area contributed by atoms with Crippen molar-refractivity contribution in [3.63, 3.8) is 0 Å². The minimum atomic E-state index is -3.18. The highest BCUT2D eigenvalue weighted by atomic mass is 79.9. The van der Waals surface area contributed by atoms with Crippen LogP contribution in [0.4, 0.5) is 14.6 Å². The number of nitrogens with zero attached hydrogens (tertiary/aromatic N) is 1. The van der Waals surface area contributed by atoms with Crippen LogP contribution in [0.2, 0.25) is 0 Å². The molecule has 0 atom stereocenters. The summed E-state index contributed by atoms with van der Waals surface area (Å²) in [5.74, 6) is -0.979. The number of alkyl halides is 2. The third kappa shape index (κ3) is 1.79. The van der Waals surface area contributed by atoms with Crippen LogP contribution in [0.25, 0.3) is 0 Å². The maximum atomic E-state index is 12.3. The van der Waals surface area contributed by atoms with Gasteiger partial charge in [-0.15, -0.1) is 0 Å². The predicted molar refractivity (Wildman–Crippen MR) is 46.4 cm³/mol. The topological polar surface area (TPSA) is 76.0 Å². The molecule has 1 aromatic heterocycles. The van der Waals surface area contributed by atoms with Crippen LogP contribution in [0.3, 0.4) is 0 Å². The van der Waals surface area contributed by atoms with E-state index in [4.69, 9.17) is 0 Å². The van der Waals surface area contributed by atoms with Gasteiger partial charge in [0, 0.05) is 0 Å². The Labute approximate surface area is 84.0 Å². The molecule has 0 aromatic carbocycles. The predicted octanol–water partition coefficient (Wildman–Crippen LogP) is 1.98. The van der Waals surface area contributed by atoms with Crippen molar-refractivity contribution < 1.29 is 13.7 Å². The zero-order valence-corrected chi connectivity index (χ0v) is 8.05. The average molecular weight is 269 g/mol. The maximum absolute atomic E-state index is 12.3. The van der Waals surface area contributed by atoms with E-state index in [1.807, 2.05) is 4.98 Å². The summed E-state index contributed by atoms with van der Waals surface area (Å²) in [7, 11) is 0. The van der Waals surface area contributed by atoms with Crippen molar-refractivity contribution in [2.45, 2.75) is 6.43 Å². The number of hydrogen-bond donors (Lipinski definition) is 1. The molecule has 0 spiro atoms. The normalized spacial score (nSPS) is 10.6. The number of aromatic amines is 1. The molecule has 0 aliphatic heterocycles. The number of nitrogens with one attached hydrogen (secondary N) is 1. The first-order chi connectivity index (χ1) is 6.45. The standard InChI is InChI=1S/C6H3BrF2N2O3/c7-2-1-10-6(11(13)14)3(4(2)12)5(8)9/h1,5H,(H,10,12). The molecule has 0 amide bonds. The lowest BCUT2D eigenvalue weighted by molar-refractivity contribution is -0.391. The molecular formula is C6H3BrF2N2O3. The molecule has 0 unspecified atom stereocenters. The van der Waals surface area contributed by atoms with Crippen molar-refractivity contribution in [2.75, 3.05) is 0 Å². The minimum absolute atomic E-state index is 0.168. The first-order valence-corrected chi connectivity index (χ1v) is 4.08. The highest BCUT2D eigenvalue weighted by Gasteiger charge is 2.26. The maximum Gasteiger partial charge on any atom is 0.333 e. The van der Waals surface area contributed by atoms with Gasteiger partial charge in [-0.05, 0) is 20.9 Å². The van der Waals surface area contributed by atoms with Gasteiger partial charge >= 0.3 is 5.82 Å². The van der Waals surface area contributed by atoms with E-state index in [0.717, 1.165) is 6.20 Å². The molecule has 76 valence electrons. The van der Waals surface area contributed by atoms with E-state index in [9.17, 15) is 23.7 Å². The van der Waals surface area contributed by atoms with Gasteiger partial charge in [-0.2, -0.15) is 0 Å². The molecule has 0 bridgehead atoms. The molecule has 1 N–H and O–H groups in total. The molecule has 8 heteroatoms. The number of H-pyrrole nitrogens is 1. The number of hydrogen-bond acceptors (Lipinski definition) is 3. The molecule has 5 nitrogen and oxygen atoms in total. The van der Waals surface area contributed by atoms with Crippen LogP contribution in [0.15, 0.2) is 15.5 Å². The molecule has 0 saturated carbocycles. The van der Waals surface area contributed by atoms with Crippen LogP contribution in [-0.4, -0.2) is 9.91 Å². The number of rotatable bonds is 2. The van der Waals surface area contributed by atoms with Gasteiger partial charge in [-0.3, -0.25) is 4.79 Å². The molecule has 0 aliphatic rings. The summed E-state index contributed by atoms with van der Waals surface area (Å²) in [5, 5.41) is 10.3. The van der Waals surface area contributed by atoms with Gasteiger partial charge in [0.15, 0.2) is 5.56 Å². The van der Waals surface area contributed by atoms with Crippen molar-refractivity contribution in [3.05, 3.63) is 36.6 Å². The minimum Gasteiger partial charge on any atom is -0.358 e. The summed E-state index contributed by atoms with van der Waals surface area (Å²) in [6.45, 7) is 0. The number of nitro groups is 1. The summed E-state index contributed by atoms with van der Waals surface area (Å²) in [5.41, 5.74) is -2.21. The Morgan fingerprint density at radius 3 is 2.57 bits per heavy atom. The SMILES string of the molecule is O=c1c(Br)c[nH]c([N+](=O)[O-])c1C(F)F. The smallest absolute Gasteiger partial charge is 0.333 e. The van der Waals surface area contributed by atoms with Crippen molar-refractivity contribution in [1.82, 2.24) is 4.98 Å². The Morgan fingerprint density at radius 2 is 2.14 bits per heavy atom. The highest BCUT2D eigenvalue weighted by Crippen LogP contribution is 2.24. The van der Waals surface area contributed by atoms with Crippen molar-refractivity contribution >= 4 is 21.7 Å². The second-order valence-corrected chi connectivity index (χ2v) is 3.14. The second-order valence-electron chi connectivity index (χ2n) is 2.29. The van der Waals surface area contributed by atoms with Crippen LogP contribution in [-0.2, 0) is 0 Å². The third-order valence-corrected chi connectivity index (χ3v) is 2.04. The van der Waals surface area contributed by atoms with Crippen LogP contribution < -0.4 is 5.43 Å². The Kier molecular flexibility index (Phi) is 2.94. The lowest BCUT2D eigenvalue weighted by atomic mass is 10.2. The van der Waals surface area contributed by atoms with Gasteiger partial charge in [0.05, 0.1) is 0 Å². The van der Waals surface area contributed by atoms with Crippen LogP contribution in [0, 0.1) is 10.1 Å². The van der Waals surface area contributed by atoms with Gasteiger partial charge in [-0.25, -0.2) is 13.8 Å².